The fourth-order valence-electron chi connectivity index (χ4n) is 19.3. The van der Waals surface area contributed by atoms with Gasteiger partial charge in [0, 0.05) is 147 Å². The third kappa shape index (κ3) is 20.3. The molecule has 37 nitrogen and oxygen atoms in total. The van der Waals surface area contributed by atoms with Crippen molar-refractivity contribution in [3.8, 4) is 5.75 Å². The maximum atomic E-state index is 15.2. The summed E-state index contributed by atoms with van der Waals surface area (Å²) in [5.41, 5.74) is 9.71. The van der Waals surface area contributed by atoms with Crippen molar-refractivity contribution in [1.82, 2.24) is 66.0 Å². The van der Waals surface area contributed by atoms with Gasteiger partial charge in [-0.2, -0.15) is 14.6 Å². The molecule has 3 aromatic heterocycles. The molecule has 6 aromatic rings. The number of benzene rings is 3. The Hall–Kier alpha value is -10.7. The number of amides is 4. The van der Waals surface area contributed by atoms with Crippen LogP contribution in [0, 0.1) is 17.3 Å². The molecule has 11 atom stereocenters. The number of carboxylic acids is 3. The summed E-state index contributed by atoms with van der Waals surface area (Å²) in [5.74, 6) is -6.92. The van der Waals surface area contributed by atoms with Crippen LogP contribution in [0.3, 0.4) is 0 Å². The molecule has 39 heteroatoms. The first-order chi connectivity index (χ1) is 58.4. The number of ketones is 2. The molecule has 0 radical (unpaired) electrons. The fourth-order valence-corrected chi connectivity index (χ4v) is 21.1. The third-order valence-corrected chi connectivity index (χ3v) is 27.0. The Morgan fingerprint density at radius 3 is 2.26 bits per heavy atom. The van der Waals surface area contributed by atoms with E-state index >= 15 is 4.79 Å². The monoisotopic (exact) mass is 1730 g/mol. The average molecular weight is 1730 g/mol. The van der Waals surface area contributed by atoms with Crippen molar-refractivity contribution in [2.45, 2.75) is 138 Å². The maximum Gasteiger partial charge on any atom is 0.426 e. The molecule has 14 N–H and O–H groups in total. The lowest BCUT2D eigenvalue weighted by atomic mass is 9.47. The number of nitrogens with two attached hydrogens (primary N) is 1. The number of aryl methyl sites for hydroxylation is 2. The molecule has 8 heterocycles. The van der Waals surface area contributed by atoms with E-state index < -0.39 is 118 Å². The van der Waals surface area contributed by atoms with Crippen LogP contribution in [0.4, 0.5) is 16.4 Å². The number of nitrogens with one attached hydrogen (secondary N) is 6. The van der Waals surface area contributed by atoms with Gasteiger partial charge in [0.2, 0.25) is 17.8 Å². The number of aliphatic hydroxyl groups is 3. The van der Waals surface area contributed by atoms with Gasteiger partial charge in [-0.15, -0.1) is 0 Å². The number of aliphatic hydroxyl groups excluding tert-OH is 1. The number of nitrogens with zero attached hydrogens (tertiary/aromatic N) is 8. The molecule has 12 rings (SSSR count). The number of aromatic nitrogens is 5. The number of anilines is 2. The number of aromatic amines is 2. The molecule has 122 heavy (non-hydrogen) atoms. The summed E-state index contributed by atoms with van der Waals surface area (Å²) in [6, 6.07) is 17.2. The van der Waals surface area contributed by atoms with Crippen molar-refractivity contribution in [2.24, 2.45) is 17.3 Å². The van der Waals surface area contributed by atoms with Gasteiger partial charge in [-0.05, 0) is 105 Å². The summed E-state index contributed by atoms with van der Waals surface area (Å²) in [7, 11) is 6.01. The van der Waals surface area contributed by atoms with Crippen LogP contribution in [-0.2, 0) is 87.5 Å². The Kier molecular flexibility index (Phi) is 30.5. The number of carbonyl (C=O) groups excluding carboxylic acids is 9. The van der Waals surface area contributed by atoms with Crippen LogP contribution in [0.5, 0.6) is 5.75 Å². The van der Waals surface area contributed by atoms with Gasteiger partial charge in [-0.25, -0.2) is 20.2 Å². The van der Waals surface area contributed by atoms with E-state index in [1.165, 1.54) is 37.6 Å². The standard InChI is InChI=1S/C82H105N15O20S2.CO2/c1-5-78(113)38-50-39-80(47-116-48-98,68-56(22-28-96(41-50)46-78)55-12-7-8-13-59(55)88-68)58-36-57-60(37-62(58)115-4)93(3)73-81(57)24-29-97-27-10-23-79(6-2,72(81)97)74(110)82(73,114)75(111)91-92-77(112)117-32-34-119-118-33-26-85-64(102)43-95(45-66(105)106)31-30-94(44-65(103)104)42-54(99)11-9-25-84-63(101)21-19-52(71(108)109)35-61(100)51-17-14-49(15-18-51)16-20-53-40-86-69-67(87-53)70(107)90-76(83)89-69;2-1-3/h7-8,10,12-15,17-18,23,36-37,40,48,50,52,72-74,88,110,113-114H,5-6,9,11,16,19-22,24-35,38-39,41-47H2,1-4H3,(H,84,101)(H,85,102)(H,91,111)(H,92,112)(H,103,104)(H,105,106)(H,108,109)(H3,83,86,89,90,107);/t50-,52+,72+,73-,74-,78+,79-,80+,81-,82+;/m1./s1. The van der Waals surface area contributed by atoms with Gasteiger partial charge in [0.1, 0.15) is 30.9 Å². The Labute approximate surface area is 709 Å². The smallest absolute Gasteiger partial charge is 0.426 e. The number of aliphatic carboxylic acids is 3. The number of hydrazine groups is 1. The first kappa shape index (κ1) is 92.0. The third-order valence-electron chi connectivity index (χ3n) is 24.6. The summed E-state index contributed by atoms with van der Waals surface area (Å²) in [5, 5.41) is 74.5. The van der Waals surface area contributed by atoms with Crippen molar-refractivity contribution >= 4 is 121 Å². The van der Waals surface area contributed by atoms with Gasteiger partial charge in [0.25, 0.3) is 17.9 Å². The van der Waals surface area contributed by atoms with E-state index in [2.05, 4.69) is 68.3 Å². The summed E-state index contributed by atoms with van der Waals surface area (Å²) in [6.45, 7) is 5.28. The summed E-state index contributed by atoms with van der Waals surface area (Å²) < 4.78 is 17.9. The number of rotatable bonds is 40. The van der Waals surface area contributed by atoms with Gasteiger partial charge < -0.3 is 71.1 Å². The molecule has 2 bridgehead atoms. The van der Waals surface area contributed by atoms with E-state index in [4.69, 9.17) is 29.5 Å². The fraction of sp³-hybridized carbons (Fsp3) is 0.530. The Morgan fingerprint density at radius 1 is 0.836 bits per heavy atom. The van der Waals surface area contributed by atoms with Crippen LogP contribution in [0.15, 0.2) is 83.8 Å². The number of Topliss-reactive ketones (excluding diaryl/α,β-unsaturated/α-hetero) is 2. The van der Waals surface area contributed by atoms with Crippen molar-refractivity contribution in [3.63, 3.8) is 0 Å². The molecular formula is C83H105N15O22S2. The molecular weight excluding hydrogens is 1620 g/mol. The van der Waals surface area contributed by atoms with Crippen LogP contribution in [-0.4, -0.2) is 294 Å². The van der Waals surface area contributed by atoms with E-state index in [-0.39, 0.29) is 131 Å². The largest absolute Gasteiger partial charge is 0.496 e. The van der Waals surface area contributed by atoms with Crippen molar-refractivity contribution < 1.29 is 102 Å². The van der Waals surface area contributed by atoms with Crippen LogP contribution in [0.2, 0.25) is 0 Å². The van der Waals surface area contributed by atoms with Crippen LogP contribution < -0.4 is 42.4 Å². The lowest BCUT2D eigenvalue weighted by molar-refractivity contribution is -0.204. The topological polar surface area (TPSA) is 532 Å². The van der Waals surface area contributed by atoms with E-state index in [0.717, 1.165) is 38.9 Å². The maximum absolute atomic E-state index is 15.2. The van der Waals surface area contributed by atoms with Gasteiger partial charge in [-0.1, -0.05) is 90.1 Å². The number of fused-ring (bicyclic) bond motifs is 7. The minimum absolute atomic E-state index is 0.0327. The normalized spacial score (nSPS) is 23.8. The molecule has 1 saturated carbocycles. The lowest BCUT2D eigenvalue weighted by Gasteiger charge is -2.63. The molecule has 2 saturated heterocycles. The number of ether oxygens (including phenoxy) is 3. The predicted molar refractivity (Wildman–Crippen MR) is 445 cm³/mol. The first-order valence-corrected chi connectivity index (χ1v) is 43.1. The SMILES string of the molecule is CC[C@]1(O)C[C@H]2CN(CCc3c([nH]c4ccccc34)[C@@](COC=O)(c3cc4c(cc3OC)N(C)[C@H]3[C@@](O)(C(=O)NNC(=O)OCCSSCCNC(=O)CN(CCN(CC(=O)O)CC(=O)CCCNC(=O)CC[C@@H](CC(=O)c5ccc(CCc6cnc7nc(N)[nH]c(=O)c7n6)cc5)C(=O)O)CC(=O)O)[C@H](O)[C@]5(CC)C=CCN6CC[C@]43[C@@H]65)C2)C1.O=C=O. The molecule has 1 unspecified atom stereocenters. The first-order valence-electron chi connectivity index (χ1n) is 40.6. The number of carbonyl (C=O) groups is 10. The van der Waals surface area contributed by atoms with E-state index in [1.807, 2.05) is 55.2 Å². The lowest BCUT2D eigenvalue weighted by Crippen LogP contribution is -2.82. The highest BCUT2D eigenvalue weighted by Crippen LogP contribution is 2.68. The number of carboxylic acid groups (broad SMARTS) is 3. The Balaban J connectivity index is 0.00000477. The molecule has 5 aliphatic heterocycles. The van der Waals surface area contributed by atoms with Crippen LogP contribution >= 0.6 is 21.6 Å². The summed E-state index contributed by atoms with van der Waals surface area (Å²) in [4.78, 5) is 186. The van der Waals surface area contributed by atoms with Crippen LogP contribution in [0.25, 0.3) is 22.1 Å². The highest BCUT2D eigenvalue weighted by atomic mass is 33.1. The number of piperidine rings is 1. The number of hydrogen-bond acceptors (Lipinski definition) is 30. The van der Waals surface area contributed by atoms with E-state index in [9.17, 15) is 78.6 Å². The molecule has 3 fully saturated rings. The zero-order valence-electron chi connectivity index (χ0n) is 68.4. The zero-order valence-corrected chi connectivity index (χ0v) is 70.0. The second kappa shape index (κ2) is 40.5. The zero-order chi connectivity index (χ0) is 87.8. The molecule has 656 valence electrons. The predicted octanol–water partition coefficient (Wildman–Crippen LogP) is 2.31. The Bertz CT molecular complexity index is 4990. The van der Waals surface area contributed by atoms with Crippen LogP contribution in [0.1, 0.15) is 122 Å². The average Bonchev–Trinajstić information content (AvgIpc) is 1.47. The van der Waals surface area contributed by atoms with Gasteiger partial charge in [0.15, 0.2) is 22.5 Å². The molecule has 1 spiro atoms. The molecule has 3 aromatic carbocycles. The van der Waals surface area contributed by atoms with Gasteiger partial charge in [0.05, 0.1) is 68.2 Å². The number of likely N-dealkylation sites (N-methyl/N-ethyl adjacent to an activating group) is 1. The number of nitrogen functional groups attached to an aromatic ring is 1. The van der Waals surface area contributed by atoms with E-state index in [1.54, 1.807) is 38.4 Å². The number of para-hydroxylation sites is 1. The number of methoxy groups -OCH3 is 1. The number of hydrogen-bond donors (Lipinski definition) is 13. The summed E-state index contributed by atoms with van der Waals surface area (Å²) >= 11 is 0. The highest BCUT2D eigenvalue weighted by molar-refractivity contribution is 8.76. The van der Waals surface area contributed by atoms with Crippen molar-refractivity contribution in [1.29, 1.82) is 0 Å². The van der Waals surface area contributed by atoms with Gasteiger partial charge >= 0.3 is 30.2 Å². The highest BCUT2D eigenvalue weighted by Gasteiger charge is 2.79. The second-order valence-electron chi connectivity index (χ2n) is 32.1. The Morgan fingerprint density at radius 2 is 1.56 bits per heavy atom. The van der Waals surface area contributed by atoms with Crippen molar-refractivity contribution in [2.75, 3.05) is 135 Å². The van der Waals surface area contributed by atoms with Gasteiger partial charge in [-0.3, -0.25) is 78.0 Å². The van der Waals surface area contributed by atoms with E-state index in [0.29, 0.717) is 113 Å². The number of H-pyrrole nitrogens is 2. The minimum atomic E-state index is -2.61. The molecule has 4 amide bonds. The summed E-state index contributed by atoms with van der Waals surface area (Å²) in [6.07, 6.45) is 6.04. The molecule has 6 aliphatic rings. The van der Waals surface area contributed by atoms with Crippen molar-refractivity contribution in [3.05, 3.63) is 129 Å². The second-order valence-corrected chi connectivity index (χ2v) is 34.8. The quantitative estimate of drug-likeness (QED) is 0.00655. The molecule has 1 aliphatic carbocycles. The minimum Gasteiger partial charge on any atom is -0.496 e.